The lowest BCUT2D eigenvalue weighted by atomic mass is 10.1. The Hall–Kier alpha value is -1.84. The Morgan fingerprint density at radius 3 is 2.29 bits per heavy atom. The summed E-state index contributed by atoms with van der Waals surface area (Å²) in [5.74, 6) is 1.53. The van der Waals surface area contributed by atoms with E-state index in [9.17, 15) is 5.11 Å². The molecule has 0 aliphatic carbocycles. The first kappa shape index (κ1) is 14.1. The van der Waals surface area contributed by atoms with Crippen LogP contribution in [0.4, 0.5) is 0 Å². The zero-order valence-corrected chi connectivity index (χ0v) is 13.2. The summed E-state index contributed by atoms with van der Waals surface area (Å²) in [7, 11) is 0. The van der Waals surface area contributed by atoms with Gasteiger partial charge in [0.2, 0.25) is 0 Å². The van der Waals surface area contributed by atoms with E-state index >= 15 is 0 Å². The topological polar surface area (TPSA) is 29.5 Å². The minimum atomic E-state index is -0.505. The van der Waals surface area contributed by atoms with Crippen LogP contribution < -0.4 is 4.74 Å². The van der Waals surface area contributed by atoms with Crippen molar-refractivity contribution in [1.29, 1.82) is 0 Å². The van der Waals surface area contributed by atoms with Crippen LogP contribution in [-0.2, 0) is 0 Å². The van der Waals surface area contributed by atoms with Crippen LogP contribution in [0, 0.1) is 0 Å². The number of aliphatic hydroxyl groups excluding tert-OH is 1. The molecule has 0 aliphatic heterocycles. The third-order valence-corrected chi connectivity index (χ3v) is 4.07. The molecule has 3 aromatic carbocycles. The summed E-state index contributed by atoms with van der Waals surface area (Å²) in [4.78, 5) is 0. The third-order valence-electron chi connectivity index (χ3n) is 3.38. The summed E-state index contributed by atoms with van der Waals surface area (Å²) in [6.45, 7) is 1.74. The molecule has 0 radical (unpaired) electrons. The smallest absolute Gasteiger partial charge is 0.128 e. The molecule has 0 amide bonds. The van der Waals surface area contributed by atoms with E-state index in [4.69, 9.17) is 4.74 Å². The molecular weight excluding hydrogens is 328 g/mol. The van der Waals surface area contributed by atoms with Crippen molar-refractivity contribution >= 4 is 26.7 Å². The fraction of sp³-hybridized carbons (Fsp3) is 0.111. The van der Waals surface area contributed by atoms with E-state index in [-0.39, 0.29) is 0 Å². The first-order valence-electron chi connectivity index (χ1n) is 6.77. The summed E-state index contributed by atoms with van der Waals surface area (Å²) < 4.78 is 6.73. The van der Waals surface area contributed by atoms with Gasteiger partial charge in [-0.2, -0.15) is 0 Å². The van der Waals surface area contributed by atoms with Crippen molar-refractivity contribution in [3.63, 3.8) is 0 Å². The van der Waals surface area contributed by atoms with Gasteiger partial charge in [0, 0.05) is 4.47 Å². The van der Waals surface area contributed by atoms with Gasteiger partial charge >= 0.3 is 0 Å². The van der Waals surface area contributed by atoms with Crippen LogP contribution in [0.25, 0.3) is 10.8 Å². The zero-order valence-electron chi connectivity index (χ0n) is 11.6. The highest BCUT2D eigenvalue weighted by atomic mass is 79.9. The van der Waals surface area contributed by atoms with E-state index in [0.29, 0.717) is 0 Å². The first-order valence-corrected chi connectivity index (χ1v) is 7.57. The average molecular weight is 343 g/mol. The van der Waals surface area contributed by atoms with E-state index in [1.807, 2.05) is 48.5 Å². The number of rotatable bonds is 3. The van der Waals surface area contributed by atoms with Gasteiger partial charge in [0.05, 0.1) is 6.10 Å². The molecule has 106 valence electrons. The Morgan fingerprint density at radius 1 is 0.905 bits per heavy atom. The van der Waals surface area contributed by atoms with Crippen LogP contribution in [0.3, 0.4) is 0 Å². The predicted molar refractivity (Wildman–Crippen MR) is 88.8 cm³/mol. The fourth-order valence-corrected chi connectivity index (χ4v) is 2.97. The second-order valence-electron chi connectivity index (χ2n) is 4.97. The van der Waals surface area contributed by atoms with E-state index in [1.54, 1.807) is 6.92 Å². The van der Waals surface area contributed by atoms with Crippen molar-refractivity contribution in [2.24, 2.45) is 0 Å². The van der Waals surface area contributed by atoms with Crippen LogP contribution in [0.5, 0.6) is 11.5 Å². The zero-order chi connectivity index (χ0) is 14.8. The molecule has 0 spiro atoms. The highest BCUT2D eigenvalue weighted by Crippen LogP contribution is 2.31. The Morgan fingerprint density at radius 2 is 1.57 bits per heavy atom. The largest absolute Gasteiger partial charge is 0.457 e. The quantitative estimate of drug-likeness (QED) is 0.685. The molecule has 0 aromatic heterocycles. The molecule has 3 heteroatoms. The third kappa shape index (κ3) is 3.09. The molecule has 0 fully saturated rings. The minimum absolute atomic E-state index is 0.505. The molecular formula is C18H15BrO2. The lowest BCUT2D eigenvalue weighted by molar-refractivity contribution is 0.198. The average Bonchev–Trinajstić information content (AvgIpc) is 2.47. The maximum absolute atomic E-state index is 9.63. The van der Waals surface area contributed by atoms with Gasteiger partial charge in [0.25, 0.3) is 0 Å². The number of halogens is 1. The second kappa shape index (κ2) is 5.88. The maximum atomic E-state index is 9.63. The molecule has 3 aromatic rings. The van der Waals surface area contributed by atoms with Gasteiger partial charge in [-0.3, -0.25) is 0 Å². The molecule has 0 bridgehead atoms. The molecule has 0 heterocycles. The summed E-state index contributed by atoms with van der Waals surface area (Å²) in [6, 6.07) is 19.8. The molecule has 3 rings (SSSR count). The molecule has 0 saturated heterocycles. The molecule has 2 nitrogen and oxygen atoms in total. The van der Waals surface area contributed by atoms with Crippen LogP contribution in [0.1, 0.15) is 18.6 Å². The second-order valence-corrected chi connectivity index (χ2v) is 5.82. The van der Waals surface area contributed by atoms with Gasteiger partial charge in [-0.25, -0.2) is 0 Å². The predicted octanol–water partition coefficient (Wildman–Crippen LogP) is 5.45. The van der Waals surface area contributed by atoms with Gasteiger partial charge in [-0.15, -0.1) is 0 Å². The van der Waals surface area contributed by atoms with Crippen molar-refractivity contribution in [2.75, 3.05) is 0 Å². The Balaban J connectivity index is 1.89. The molecule has 1 N–H and O–H groups in total. The Labute approximate surface area is 132 Å². The lowest BCUT2D eigenvalue weighted by Crippen LogP contribution is -1.93. The number of hydrogen-bond acceptors (Lipinski definition) is 2. The Kier molecular flexibility index (Phi) is 3.95. The van der Waals surface area contributed by atoms with Gasteiger partial charge < -0.3 is 9.84 Å². The number of hydrogen-bond donors (Lipinski definition) is 1. The number of benzene rings is 3. The molecule has 1 atom stereocenters. The summed E-state index contributed by atoms with van der Waals surface area (Å²) in [6.07, 6.45) is -0.505. The van der Waals surface area contributed by atoms with Crippen molar-refractivity contribution in [2.45, 2.75) is 13.0 Å². The SMILES string of the molecule is C[C@@H](O)c1ccc(Oc2ccc3ccccc3c2)cc1Br. The van der Waals surface area contributed by atoms with Crippen molar-refractivity contribution in [3.8, 4) is 11.5 Å². The normalized spacial score (nSPS) is 12.3. The molecule has 0 unspecified atom stereocenters. The van der Waals surface area contributed by atoms with E-state index in [1.165, 1.54) is 5.39 Å². The monoisotopic (exact) mass is 342 g/mol. The number of aliphatic hydroxyl groups is 1. The van der Waals surface area contributed by atoms with Crippen molar-refractivity contribution in [3.05, 3.63) is 70.7 Å². The summed E-state index contributed by atoms with van der Waals surface area (Å²) in [5, 5.41) is 12.0. The highest BCUT2D eigenvalue weighted by molar-refractivity contribution is 9.10. The van der Waals surface area contributed by atoms with Crippen LogP contribution in [0.2, 0.25) is 0 Å². The van der Waals surface area contributed by atoms with E-state index < -0.39 is 6.10 Å². The molecule has 21 heavy (non-hydrogen) atoms. The van der Waals surface area contributed by atoms with Gasteiger partial charge in [-0.05, 0) is 47.5 Å². The fourth-order valence-electron chi connectivity index (χ4n) is 2.28. The lowest BCUT2D eigenvalue weighted by Gasteiger charge is -2.11. The molecule has 0 saturated carbocycles. The van der Waals surface area contributed by atoms with Gasteiger partial charge in [-0.1, -0.05) is 52.3 Å². The highest BCUT2D eigenvalue weighted by Gasteiger charge is 2.08. The summed E-state index contributed by atoms with van der Waals surface area (Å²) in [5.41, 5.74) is 0.848. The number of ether oxygens (including phenoxy) is 1. The standard InChI is InChI=1S/C18H15BrO2/c1-12(20)17-9-8-16(11-18(17)19)21-15-7-6-13-4-2-3-5-14(13)10-15/h2-12,20H,1H3/t12-/m1/s1. The van der Waals surface area contributed by atoms with Crippen LogP contribution in [-0.4, -0.2) is 5.11 Å². The van der Waals surface area contributed by atoms with E-state index in [2.05, 4.69) is 28.1 Å². The minimum Gasteiger partial charge on any atom is -0.457 e. The van der Waals surface area contributed by atoms with Crippen molar-refractivity contribution in [1.82, 2.24) is 0 Å². The van der Waals surface area contributed by atoms with E-state index in [0.717, 1.165) is 26.9 Å². The maximum Gasteiger partial charge on any atom is 0.128 e. The number of fused-ring (bicyclic) bond motifs is 1. The first-order chi connectivity index (χ1) is 10.1. The van der Waals surface area contributed by atoms with Crippen molar-refractivity contribution < 1.29 is 9.84 Å². The van der Waals surface area contributed by atoms with Crippen LogP contribution in [0.15, 0.2) is 65.1 Å². The van der Waals surface area contributed by atoms with Gasteiger partial charge in [0.15, 0.2) is 0 Å². The van der Waals surface area contributed by atoms with Gasteiger partial charge in [0.1, 0.15) is 11.5 Å². The Bertz CT molecular complexity index is 781. The van der Waals surface area contributed by atoms with Crippen LogP contribution >= 0.6 is 15.9 Å². The molecule has 0 aliphatic rings. The summed E-state index contributed by atoms with van der Waals surface area (Å²) >= 11 is 3.46.